The molecule has 0 saturated heterocycles. The average Bonchev–Trinajstić information content (AvgIpc) is 3.59. The highest BCUT2D eigenvalue weighted by Gasteiger charge is 2.35. The van der Waals surface area contributed by atoms with Gasteiger partial charge in [-0.25, -0.2) is 4.79 Å². The summed E-state index contributed by atoms with van der Waals surface area (Å²) in [6.07, 6.45) is 9.19. The van der Waals surface area contributed by atoms with Crippen molar-refractivity contribution in [2.24, 2.45) is 0 Å². The van der Waals surface area contributed by atoms with E-state index in [0.29, 0.717) is 29.7 Å². The highest BCUT2D eigenvalue weighted by Crippen LogP contribution is 2.40. The van der Waals surface area contributed by atoms with Gasteiger partial charge in [0.05, 0.1) is 29.7 Å². The minimum atomic E-state index is -0.486. The SMILES string of the molecule is CC(=O)N1c2ccc(-c3cnn(C4CC4)c3)cc2N(C(=O)Oc2ccc3cnccc3c2)C[C@@H]1C. The topological polar surface area (TPSA) is 80.6 Å². The van der Waals surface area contributed by atoms with E-state index in [4.69, 9.17) is 4.74 Å². The molecular formula is C27H25N5O3. The molecule has 2 aliphatic rings. The molecule has 1 aliphatic carbocycles. The van der Waals surface area contributed by atoms with Crippen molar-refractivity contribution in [2.45, 2.75) is 38.8 Å². The van der Waals surface area contributed by atoms with Gasteiger partial charge in [0, 0.05) is 43.0 Å². The van der Waals surface area contributed by atoms with E-state index in [-0.39, 0.29) is 11.9 Å². The van der Waals surface area contributed by atoms with E-state index >= 15 is 0 Å². The molecule has 0 bridgehead atoms. The number of benzene rings is 2. The van der Waals surface area contributed by atoms with Crippen molar-refractivity contribution in [3.05, 3.63) is 67.3 Å². The van der Waals surface area contributed by atoms with Crippen molar-refractivity contribution in [1.82, 2.24) is 14.8 Å². The molecule has 0 radical (unpaired) electrons. The van der Waals surface area contributed by atoms with Crippen LogP contribution < -0.4 is 14.5 Å². The Bertz CT molecular complexity index is 1460. The Labute approximate surface area is 202 Å². The molecule has 3 heterocycles. The Kier molecular flexibility index (Phi) is 5.02. The number of rotatable bonds is 3. The van der Waals surface area contributed by atoms with Crippen molar-refractivity contribution in [1.29, 1.82) is 0 Å². The van der Waals surface area contributed by atoms with Gasteiger partial charge in [0.15, 0.2) is 0 Å². The molecule has 6 rings (SSSR count). The largest absolute Gasteiger partial charge is 0.419 e. The zero-order valence-electron chi connectivity index (χ0n) is 19.6. The van der Waals surface area contributed by atoms with Gasteiger partial charge in [0.1, 0.15) is 5.75 Å². The van der Waals surface area contributed by atoms with Crippen molar-refractivity contribution >= 4 is 34.1 Å². The molecule has 4 aromatic rings. The van der Waals surface area contributed by atoms with E-state index in [2.05, 4.69) is 10.1 Å². The van der Waals surface area contributed by atoms with Gasteiger partial charge in [-0.2, -0.15) is 5.10 Å². The Morgan fingerprint density at radius 3 is 2.63 bits per heavy atom. The summed E-state index contributed by atoms with van der Waals surface area (Å²) in [5.74, 6) is 0.392. The molecule has 2 aromatic carbocycles. The van der Waals surface area contributed by atoms with Crippen molar-refractivity contribution < 1.29 is 14.3 Å². The van der Waals surface area contributed by atoms with E-state index in [1.54, 1.807) is 35.2 Å². The predicted molar refractivity (Wildman–Crippen MR) is 134 cm³/mol. The van der Waals surface area contributed by atoms with Gasteiger partial charge in [-0.15, -0.1) is 0 Å². The molecule has 2 aromatic heterocycles. The summed E-state index contributed by atoms with van der Waals surface area (Å²) in [6, 6.07) is 13.5. The maximum Gasteiger partial charge on any atom is 0.419 e. The van der Waals surface area contributed by atoms with Gasteiger partial charge in [0.2, 0.25) is 5.91 Å². The van der Waals surface area contributed by atoms with Crippen LogP contribution in [0, 0.1) is 0 Å². The number of carbonyl (C=O) groups excluding carboxylic acids is 2. The van der Waals surface area contributed by atoms with E-state index in [1.807, 2.05) is 60.4 Å². The first-order valence-electron chi connectivity index (χ1n) is 11.8. The van der Waals surface area contributed by atoms with Crippen LogP contribution >= 0.6 is 0 Å². The minimum absolute atomic E-state index is 0.0655. The standard InChI is InChI=1S/C27H25N5O3/c1-17-15-30(27(34)35-24-7-3-21-13-28-10-9-20(21)11-24)26-12-19(4-8-25(26)32(17)18(2)33)22-14-29-31(16-22)23-5-6-23/h3-4,7-14,16-17,23H,5-6,15H2,1-2H3/t17-/m0/s1. The van der Waals surface area contributed by atoms with Crippen LogP contribution in [0.15, 0.2) is 67.3 Å². The minimum Gasteiger partial charge on any atom is -0.410 e. The summed E-state index contributed by atoms with van der Waals surface area (Å²) in [6.45, 7) is 3.81. The molecule has 8 nitrogen and oxygen atoms in total. The molecule has 2 amide bonds. The lowest BCUT2D eigenvalue weighted by atomic mass is 10.0. The van der Waals surface area contributed by atoms with Crippen molar-refractivity contribution in [3.63, 3.8) is 0 Å². The highest BCUT2D eigenvalue weighted by molar-refractivity contribution is 6.03. The molecule has 1 fully saturated rings. The first-order valence-corrected chi connectivity index (χ1v) is 11.8. The Hall–Kier alpha value is -4.20. The fourth-order valence-corrected chi connectivity index (χ4v) is 4.76. The van der Waals surface area contributed by atoms with Gasteiger partial charge >= 0.3 is 6.09 Å². The number of nitrogens with zero attached hydrogens (tertiary/aromatic N) is 5. The number of aromatic nitrogens is 3. The van der Waals surface area contributed by atoms with Crippen LogP contribution in [-0.2, 0) is 4.79 Å². The number of ether oxygens (including phenoxy) is 1. The van der Waals surface area contributed by atoms with Crippen LogP contribution in [0.1, 0.15) is 32.7 Å². The molecule has 0 unspecified atom stereocenters. The molecule has 8 heteroatoms. The summed E-state index contributed by atoms with van der Waals surface area (Å²) in [5.41, 5.74) is 3.25. The molecule has 176 valence electrons. The second kappa shape index (κ2) is 8.23. The van der Waals surface area contributed by atoms with E-state index in [9.17, 15) is 9.59 Å². The highest BCUT2D eigenvalue weighted by atomic mass is 16.6. The number of pyridine rings is 1. The molecule has 1 saturated carbocycles. The summed E-state index contributed by atoms with van der Waals surface area (Å²) in [4.78, 5) is 33.4. The van der Waals surface area contributed by atoms with Crippen LogP contribution in [0.4, 0.5) is 16.2 Å². The van der Waals surface area contributed by atoms with Crippen LogP contribution in [0.2, 0.25) is 0 Å². The first-order chi connectivity index (χ1) is 17.0. The van der Waals surface area contributed by atoms with Crippen molar-refractivity contribution in [3.8, 4) is 16.9 Å². The van der Waals surface area contributed by atoms with Gasteiger partial charge < -0.3 is 9.64 Å². The molecule has 35 heavy (non-hydrogen) atoms. The van der Waals surface area contributed by atoms with Crippen LogP contribution in [0.5, 0.6) is 5.75 Å². The maximum absolute atomic E-state index is 13.4. The molecule has 1 aliphatic heterocycles. The predicted octanol–water partition coefficient (Wildman–Crippen LogP) is 5.19. The third kappa shape index (κ3) is 3.90. The molecule has 1 atom stereocenters. The third-order valence-electron chi connectivity index (χ3n) is 6.65. The van der Waals surface area contributed by atoms with E-state index < -0.39 is 6.09 Å². The third-order valence-corrected chi connectivity index (χ3v) is 6.65. The second-order valence-corrected chi connectivity index (χ2v) is 9.24. The van der Waals surface area contributed by atoms with Gasteiger partial charge in [-0.05, 0) is 67.1 Å². The van der Waals surface area contributed by atoms with Gasteiger partial charge in [-0.1, -0.05) is 6.07 Å². The Morgan fingerprint density at radius 2 is 1.83 bits per heavy atom. The number of hydrogen-bond donors (Lipinski definition) is 0. The number of anilines is 2. The van der Waals surface area contributed by atoms with Crippen LogP contribution in [0.3, 0.4) is 0 Å². The monoisotopic (exact) mass is 467 g/mol. The summed E-state index contributed by atoms with van der Waals surface area (Å²) < 4.78 is 7.80. The fraction of sp³-hybridized carbons (Fsp3) is 0.259. The lowest BCUT2D eigenvalue weighted by Gasteiger charge is -2.40. The van der Waals surface area contributed by atoms with Crippen LogP contribution in [-0.4, -0.2) is 39.4 Å². The number of fused-ring (bicyclic) bond motifs is 2. The maximum atomic E-state index is 13.4. The molecule has 0 spiro atoms. The summed E-state index contributed by atoms with van der Waals surface area (Å²) >= 11 is 0. The van der Waals surface area contributed by atoms with Gasteiger partial charge in [0.25, 0.3) is 0 Å². The van der Waals surface area contributed by atoms with Gasteiger partial charge in [-0.3, -0.25) is 19.4 Å². The Morgan fingerprint density at radius 1 is 0.971 bits per heavy atom. The fourth-order valence-electron chi connectivity index (χ4n) is 4.76. The lowest BCUT2D eigenvalue weighted by molar-refractivity contribution is -0.117. The van der Waals surface area contributed by atoms with Crippen LogP contribution in [0.25, 0.3) is 21.9 Å². The van der Waals surface area contributed by atoms with E-state index in [0.717, 1.165) is 34.7 Å². The smallest absolute Gasteiger partial charge is 0.410 e. The second-order valence-electron chi connectivity index (χ2n) is 9.24. The Balaban J connectivity index is 1.36. The number of carbonyl (C=O) groups is 2. The molecule has 0 N–H and O–H groups in total. The molecular weight excluding hydrogens is 442 g/mol. The lowest BCUT2D eigenvalue weighted by Crippen LogP contribution is -2.52. The zero-order valence-corrected chi connectivity index (χ0v) is 19.6. The summed E-state index contributed by atoms with van der Waals surface area (Å²) in [5, 5.41) is 6.41. The number of hydrogen-bond acceptors (Lipinski definition) is 5. The summed E-state index contributed by atoms with van der Waals surface area (Å²) in [7, 11) is 0. The number of amides is 2. The van der Waals surface area contributed by atoms with Crippen molar-refractivity contribution in [2.75, 3.05) is 16.3 Å². The normalized spacial score (nSPS) is 17.4. The zero-order chi connectivity index (χ0) is 24.1. The quantitative estimate of drug-likeness (QED) is 0.414. The average molecular weight is 468 g/mol. The van der Waals surface area contributed by atoms with E-state index in [1.165, 1.54) is 0 Å². The first kappa shape index (κ1) is 21.3.